The summed E-state index contributed by atoms with van der Waals surface area (Å²) in [4.78, 5) is 22.3. The molecule has 0 bridgehead atoms. The Bertz CT molecular complexity index is 1150. The van der Waals surface area contributed by atoms with Crippen LogP contribution in [0.1, 0.15) is 30.2 Å². The van der Waals surface area contributed by atoms with Crippen molar-refractivity contribution in [2.24, 2.45) is 0 Å². The highest BCUT2D eigenvalue weighted by Gasteiger charge is 2.18. The Morgan fingerprint density at radius 1 is 1.10 bits per heavy atom. The van der Waals surface area contributed by atoms with Crippen LogP contribution in [0.5, 0.6) is 0 Å². The van der Waals surface area contributed by atoms with Gasteiger partial charge >= 0.3 is 0 Å². The third kappa shape index (κ3) is 3.86. The van der Waals surface area contributed by atoms with Crippen LogP contribution in [0.15, 0.2) is 66.0 Å². The minimum absolute atomic E-state index is 0.130. The van der Waals surface area contributed by atoms with Crippen molar-refractivity contribution in [1.29, 1.82) is 0 Å². The van der Waals surface area contributed by atoms with Gasteiger partial charge in [-0.1, -0.05) is 30.3 Å². The zero-order valence-electron chi connectivity index (χ0n) is 16.5. The molecule has 1 N–H and O–H groups in total. The standard InChI is InChI=1S/C22H21N5OS/c1-14(2)27-21-18(13-24-27)17(11-19(26-21)15-7-5-4-6-8-15)22(28)25-16-9-10-20(29-3)23-12-16/h4-14H,1-3H3,(H,25,28). The third-order valence-electron chi connectivity index (χ3n) is 4.57. The van der Waals surface area contributed by atoms with Gasteiger partial charge in [0.05, 0.1) is 39.8 Å². The summed E-state index contributed by atoms with van der Waals surface area (Å²) in [7, 11) is 0. The maximum atomic E-state index is 13.1. The minimum atomic E-state index is -0.211. The molecule has 6 nitrogen and oxygen atoms in total. The van der Waals surface area contributed by atoms with Crippen molar-refractivity contribution in [1.82, 2.24) is 19.7 Å². The van der Waals surface area contributed by atoms with E-state index in [0.717, 1.165) is 21.7 Å². The molecule has 0 fully saturated rings. The molecule has 146 valence electrons. The molecule has 1 amide bonds. The van der Waals surface area contributed by atoms with Crippen molar-refractivity contribution in [2.75, 3.05) is 11.6 Å². The maximum absolute atomic E-state index is 13.1. The smallest absolute Gasteiger partial charge is 0.256 e. The average molecular weight is 404 g/mol. The number of benzene rings is 1. The number of nitrogens with zero attached hydrogens (tertiary/aromatic N) is 4. The summed E-state index contributed by atoms with van der Waals surface area (Å²) >= 11 is 1.56. The molecule has 7 heteroatoms. The van der Waals surface area contributed by atoms with Crippen molar-refractivity contribution in [3.63, 3.8) is 0 Å². The van der Waals surface area contributed by atoms with Gasteiger partial charge in [0, 0.05) is 11.6 Å². The summed E-state index contributed by atoms with van der Waals surface area (Å²) < 4.78 is 1.84. The number of rotatable bonds is 5. The molecule has 0 atom stereocenters. The summed E-state index contributed by atoms with van der Waals surface area (Å²) in [6.07, 6.45) is 5.34. The first-order valence-corrected chi connectivity index (χ1v) is 10.5. The van der Waals surface area contributed by atoms with Crippen LogP contribution in [-0.4, -0.2) is 31.9 Å². The van der Waals surface area contributed by atoms with Crippen LogP contribution in [0, 0.1) is 0 Å². The SMILES string of the molecule is CSc1ccc(NC(=O)c2cc(-c3ccccc3)nc3c2cnn3C(C)C)cn1. The number of nitrogens with one attached hydrogen (secondary N) is 1. The normalized spacial score (nSPS) is 11.2. The Hall–Kier alpha value is -3.19. The van der Waals surface area contributed by atoms with Crippen molar-refractivity contribution in [2.45, 2.75) is 24.9 Å². The van der Waals surface area contributed by atoms with Crippen molar-refractivity contribution in [3.8, 4) is 11.3 Å². The van der Waals surface area contributed by atoms with Crippen LogP contribution in [-0.2, 0) is 0 Å². The molecule has 4 aromatic rings. The Morgan fingerprint density at radius 3 is 2.55 bits per heavy atom. The first-order valence-electron chi connectivity index (χ1n) is 9.32. The molecule has 0 aliphatic rings. The summed E-state index contributed by atoms with van der Waals surface area (Å²) in [6.45, 7) is 4.09. The molecule has 0 unspecified atom stereocenters. The fourth-order valence-corrected chi connectivity index (χ4v) is 3.48. The number of fused-ring (bicyclic) bond motifs is 1. The van der Waals surface area contributed by atoms with Crippen LogP contribution in [0.2, 0.25) is 0 Å². The van der Waals surface area contributed by atoms with E-state index in [1.165, 1.54) is 0 Å². The molecule has 0 spiro atoms. The number of hydrogen-bond acceptors (Lipinski definition) is 5. The zero-order chi connectivity index (χ0) is 20.4. The molecule has 0 radical (unpaired) electrons. The molecule has 29 heavy (non-hydrogen) atoms. The van der Waals surface area contributed by atoms with Gasteiger partial charge in [-0.3, -0.25) is 4.79 Å². The second-order valence-corrected chi connectivity index (χ2v) is 7.71. The Balaban J connectivity index is 1.80. The monoisotopic (exact) mass is 403 g/mol. The number of carbonyl (C=O) groups is 1. The summed E-state index contributed by atoms with van der Waals surface area (Å²) in [5.41, 5.74) is 3.57. The van der Waals surface area contributed by atoms with Crippen LogP contribution in [0.4, 0.5) is 5.69 Å². The lowest BCUT2D eigenvalue weighted by molar-refractivity contribution is 0.102. The Labute approximate surface area is 173 Å². The van der Waals surface area contributed by atoms with Crippen molar-refractivity contribution < 1.29 is 4.79 Å². The van der Waals surface area contributed by atoms with Crippen molar-refractivity contribution in [3.05, 3.63) is 66.5 Å². The van der Waals surface area contributed by atoms with E-state index < -0.39 is 0 Å². The van der Waals surface area contributed by atoms with Gasteiger partial charge in [0.1, 0.15) is 0 Å². The van der Waals surface area contributed by atoms with Gasteiger partial charge in [-0.2, -0.15) is 5.10 Å². The second kappa shape index (κ2) is 8.05. The van der Waals surface area contributed by atoms with Gasteiger partial charge in [0.2, 0.25) is 0 Å². The zero-order valence-corrected chi connectivity index (χ0v) is 17.3. The molecule has 1 aromatic carbocycles. The molecule has 0 aliphatic carbocycles. The quantitative estimate of drug-likeness (QED) is 0.472. The molecular weight excluding hydrogens is 382 g/mol. The van der Waals surface area contributed by atoms with E-state index in [2.05, 4.69) is 15.4 Å². The first-order chi connectivity index (χ1) is 14.1. The molecular formula is C22H21N5OS. The highest BCUT2D eigenvalue weighted by Crippen LogP contribution is 2.27. The molecule has 3 heterocycles. The second-order valence-electron chi connectivity index (χ2n) is 6.88. The van der Waals surface area contributed by atoms with Crippen LogP contribution < -0.4 is 5.32 Å². The van der Waals surface area contributed by atoms with Gasteiger partial charge in [-0.05, 0) is 38.3 Å². The number of anilines is 1. The lowest BCUT2D eigenvalue weighted by Gasteiger charge is -2.11. The lowest BCUT2D eigenvalue weighted by atomic mass is 10.1. The Kier molecular flexibility index (Phi) is 5.31. The summed E-state index contributed by atoms with van der Waals surface area (Å²) in [6, 6.07) is 15.5. The highest BCUT2D eigenvalue weighted by atomic mass is 32.2. The van der Waals surface area contributed by atoms with E-state index in [1.807, 2.05) is 73.3 Å². The number of aromatic nitrogens is 4. The molecule has 3 aromatic heterocycles. The van der Waals surface area contributed by atoms with Crippen molar-refractivity contribution >= 4 is 34.4 Å². The van der Waals surface area contributed by atoms with E-state index in [9.17, 15) is 4.79 Å². The number of carbonyl (C=O) groups excluding carboxylic acids is 1. The summed E-state index contributed by atoms with van der Waals surface area (Å²) in [5, 5.41) is 9.03. The van der Waals surface area contributed by atoms with Gasteiger partial charge < -0.3 is 5.32 Å². The number of amides is 1. The highest BCUT2D eigenvalue weighted by molar-refractivity contribution is 7.98. The predicted octanol–water partition coefficient (Wildman–Crippen LogP) is 5.05. The van der Waals surface area contributed by atoms with E-state index in [0.29, 0.717) is 16.9 Å². The summed E-state index contributed by atoms with van der Waals surface area (Å²) in [5.74, 6) is -0.211. The molecule has 0 aliphatic heterocycles. The number of thioether (sulfide) groups is 1. The van der Waals surface area contributed by atoms with E-state index in [-0.39, 0.29) is 11.9 Å². The van der Waals surface area contributed by atoms with Gasteiger partial charge in [-0.25, -0.2) is 14.6 Å². The molecule has 0 saturated heterocycles. The van der Waals surface area contributed by atoms with E-state index in [4.69, 9.17) is 4.98 Å². The average Bonchev–Trinajstić information content (AvgIpc) is 3.18. The third-order valence-corrected chi connectivity index (χ3v) is 5.23. The van der Waals surface area contributed by atoms with E-state index >= 15 is 0 Å². The maximum Gasteiger partial charge on any atom is 0.256 e. The van der Waals surface area contributed by atoms with E-state index in [1.54, 1.807) is 24.2 Å². The number of hydrogen-bond donors (Lipinski definition) is 1. The predicted molar refractivity (Wildman–Crippen MR) is 117 cm³/mol. The fraction of sp³-hybridized carbons (Fsp3) is 0.182. The lowest BCUT2D eigenvalue weighted by Crippen LogP contribution is -2.13. The molecule has 0 saturated carbocycles. The minimum Gasteiger partial charge on any atom is -0.321 e. The van der Waals surface area contributed by atoms with Gasteiger partial charge in [0.25, 0.3) is 5.91 Å². The largest absolute Gasteiger partial charge is 0.321 e. The molecule has 4 rings (SSSR count). The topological polar surface area (TPSA) is 72.7 Å². The van der Waals surface area contributed by atoms with Crippen LogP contribution in [0.3, 0.4) is 0 Å². The Morgan fingerprint density at radius 2 is 1.90 bits per heavy atom. The van der Waals surface area contributed by atoms with Gasteiger partial charge in [0.15, 0.2) is 5.65 Å². The van der Waals surface area contributed by atoms with Gasteiger partial charge in [-0.15, -0.1) is 11.8 Å². The first kappa shape index (κ1) is 19.1. The number of pyridine rings is 2. The fourth-order valence-electron chi connectivity index (χ4n) is 3.11. The van der Waals surface area contributed by atoms with Crippen LogP contribution in [0.25, 0.3) is 22.3 Å². The van der Waals surface area contributed by atoms with Crippen LogP contribution >= 0.6 is 11.8 Å².